The highest BCUT2D eigenvalue weighted by atomic mass is 19.1. The van der Waals surface area contributed by atoms with Gasteiger partial charge < -0.3 is 19.1 Å². The van der Waals surface area contributed by atoms with Crippen molar-refractivity contribution in [3.05, 3.63) is 53.8 Å². The van der Waals surface area contributed by atoms with E-state index in [-0.39, 0.29) is 24.4 Å². The molecule has 2 heterocycles. The van der Waals surface area contributed by atoms with E-state index in [0.29, 0.717) is 25.5 Å². The molecule has 2 aromatic carbocycles. The van der Waals surface area contributed by atoms with Crippen LogP contribution in [0.2, 0.25) is 0 Å². The van der Waals surface area contributed by atoms with Gasteiger partial charge in [0.1, 0.15) is 24.8 Å². The predicted molar refractivity (Wildman–Crippen MR) is 93.0 cm³/mol. The predicted octanol–water partition coefficient (Wildman–Crippen LogP) is 3.34. The summed E-state index contributed by atoms with van der Waals surface area (Å²) in [7, 11) is 0. The zero-order valence-electron chi connectivity index (χ0n) is 14.3. The topological polar surface area (TPSA) is 48.0 Å². The van der Waals surface area contributed by atoms with Gasteiger partial charge in [-0.25, -0.2) is 4.39 Å². The minimum absolute atomic E-state index is 0.00939. The molecule has 26 heavy (non-hydrogen) atoms. The summed E-state index contributed by atoms with van der Waals surface area (Å²) in [6.07, 6.45) is 1.85. The molecule has 2 aliphatic heterocycles. The fourth-order valence-corrected chi connectivity index (χ4v) is 3.44. The third-order valence-corrected chi connectivity index (χ3v) is 4.70. The number of carbonyl (C=O) groups excluding carboxylic acids is 1. The Bertz CT molecular complexity index is 793. The number of hydrogen-bond donors (Lipinski definition) is 0. The molecule has 136 valence electrons. The van der Waals surface area contributed by atoms with Crippen molar-refractivity contribution in [1.82, 2.24) is 4.90 Å². The highest BCUT2D eigenvalue weighted by molar-refractivity contribution is 5.78. The van der Waals surface area contributed by atoms with Gasteiger partial charge in [0.05, 0.1) is 6.04 Å². The fraction of sp³-hybridized carbons (Fsp3) is 0.350. The smallest absolute Gasteiger partial charge is 0.261 e. The molecule has 0 radical (unpaired) electrons. The van der Waals surface area contributed by atoms with Crippen molar-refractivity contribution < 1.29 is 23.4 Å². The summed E-state index contributed by atoms with van der Waals surface area (Å²) in [4.78, 5) is 14.5. The molecule has 1 atom stereocenters. The van der Waals surface area contributed by atoms with Gasteiger partial charge in [-0.15, -0.1) is 0 Å². The Balaban J connectivity index is 1.44. The second-order valence-electron chi connectivity index (χ2n) is 6.39. The maximum Gasteiger partial charge on any atom is 0.261 e. The first-order chi connectivity index (χ1) is 12.7. The van der Waals surface area contributed by atoms with Gasteiger partial charge in [-0.3, -0.25) is 4.79 Å². The number of halogens is 1. The van der Waals surface area contributed by atoms with Crippen LogP contribution in [0.5, 0.6) is 17.2 Å². The van der Waals surface area contributed by atoms with E-state index in [1.807, 2.05) is 23.1 Å². The summed E-state index contributed by atoms with van der Waals surface area (Å²) in [5, 5.41) is 0. The van der Waals surface area contributed by atoms with Gasteiger partial charge in [-0.2, -0.15) is 0 Å². The quantitative estimate of drug-likeness (QED) is 0.842. The number of amides is 1. The third kappa shape index (κ3) is 3.45. The van der Waals surface area contributed by atoms with Gasteiger partial charge in [0.2, 0.25) is 0 Å². The first-order valence-corrected chi connectivity index (χ1v) is 8.78. The van der Waals surface area contributed by atoms with Gasteiger partial charge in [0, 0.05) is 6.54 Å². The normalized spacial score (nSPS) is 18.7. The van der Waals surface area contributed by atoms with Gasteiger partial charge in [-0.1, -0.05) is 6.07 Å². The van der Waals surface area contributed by atoms with Crippen molar-refractivity contribution in [2.24, 2.45) is 0 Å². The molecule has 0 bridgehead atoms. The number of nitrogens with zero attached hydrogens (tertiary/aromatic N) is 1. The Labute approximate surface area is 151 Å². The van der Waals surface area contributed by atoms with Crippen LogP contribution in [0.4, 0.5) is 4.39 Å². The van der Waals surface area contributed by atoms with Crippen LogP contribution in [-0.2, 0) is 4.79 Å². The number of likely N-dealkylation sites (tertiary alicyclic amines) is 1. The average Bonchev–Trinajstić information content (AvgIpc) is 3.17. The van der Waals surface area contributed by atoms with Gasteiger partial charge >= 0.3 is 0 Å². The second-order valence-corrected chi connectivity index (χ2v) is 6.39. The molecule has 0 saturated carbocycles. The van der Waals surface area contributed by atoms with Crippen molar-refractivity contribution in [1.29, 1.82) is 0 Å². The van der Waals surface area contributed by atoms with Crippen LogP contribution in [0.3, 0.4) is 0 Å². The number of fused-ring (bicyclic) bond motifs is 1. The highest BCUT2D eigenvalue weighted by Crippen LogP contribution is 2.38. The Kier molecular flexibility index (Phi) is 4.65. The highest BCUT2D eigenvalue weighted by Gasteiger charge is 2.31. The molecule has 0 aromatic heterocycles. The van der Waals surface area contributed by atoms with E-state index in [2.05, 4.69) is 0 Å². The van der Waals surface area contributed by atoms with Crippen LogP contribution < -0.4 is 14.2 Å². The van der Waals surface area contributed by atoms with E-state index in [4.69, 9.17) is 14.2 Å². The molecule has 0 spiro atoms. The molecule has 5 nitrogen and oxygen atoms in total. The molecule has 4 rings (SSSR count). The van der Waals surface area contributed by atoms with Crippen LogP contribution in [0.1, 0.15) is 24.4 Å². The monoisotopic (exact) mass is 357 g/mol. The summed E-state index contributed by atoms with van der Waals surface area (Å²) >= 11 is 0. The molecule has 2 aromatic rings. The third-order valence-electron chi connectivity index (χ3n) is 4.70. The Morgan fingerprint density at radius 2 is 1.88 bits per heavy atom. The number of ether oxygens (including phenoxy) is 3. The van der Waals surface area contributed by atoms with E-state index in [9.17, 15) is 9.18 Å². The molecule has 1 fully saturated rings. The number of rotatable bonds is 4. The number of carbonyl (C=O) groups is 1. The van der Waals surface area contributed by atoms with Crippen LogP contribution in [0.15, 0.2) is 42.5 Å². The fourth-order valence-electron chi connectivity index (χ4n) is 3.44. The molecule has 1 saturated heterocycles. The molecule has 1 amide bonds. The summed E-state index contributed by atoms with van der Waals surface area (Å²) in [5.41, 5.74) is 1.04. The van der Waals surface area contributed by atoms with E-state index < -0.39 is 0 Å². The minimum atomic E-state index is -0.332. The molecule has 6 heteroatoms. The van der Waals surface area contributed by atoms with Crippen LogP contribution in [-0.4, -0.2) is 37.2 Å². The molecule has 2 aliphatic rings. The SMILES string of the molecule is O=C(COc1ccc(F)cc1)N1CCCC1c1ccc2c(c1)OCCO2. The van der Waals surface area contributed by atoms with Crippen molar-refractivity contribution in [3.8, 4) is 17.2 Å². The lowest BCUT2D eigenvalue weighted by atomic mass is 10.0. The maximum atomic E-state index is 12.9. The number of benzene rings is 2. The van der Waals surface area contributed by atoms with Crippen molar-refractivity contribution in [2.75, 3.05) is 26.4 Å². The lowest BCUT2D eigenvalue weighted by molar-refractivity contribution is -0.134. The van der Waals surface area contributed by atoms with Crippen LogP contribution in [0, 0.1) is 5.82 Å². The summed E-state index contributed by atoms with van der Waals surface area (Å²) in [5.74, 6) is 1.55. The summed E-state index contributed by atoms with van der Waals surface area (Å²) in [6, 6.07) is 11.5. The summed E-state index contributed by atoms with van der Waals surface area (Å²) in [6.45, 7) is 1.73. The molecule has 1 unspecified atom stereocenters. The minimum Gasteiger partial charge on any atom is -0.486 e. The zero-order chi connectivity index (χ0) is 17.9. The van der Waals surface area contributed by atoms with Gasteiger partial charge in [-0.05, 0) is 54.8 Å². The first-order valence-electron chi connectivity index (χ1n) is 8.78. The average molecular weight is 357 g/mol. The van der Waals surface area contributed by atoms with Crippen LogP contribution >= 0.6 is 0 Å². The second kappa shape index (κ2) is 7.23. The lowest BCUT2D eigenvalue weighted by Crippen LogP contribution is -2.34. The van der Waals surface area contributed by atoms with E-state index in [1.54, 1.807) is 0 Å². The molecule has 0 N–H and O–H groups in total. The number of hydrogen-bond acceptors (Lipinski definition) is 4. The van der Waals surface area contributed by atoms with Crippen molar-refractivity contribution in [3.63, 3.8) is 0 Å². The largest absolute Gasteiger partial charge is 0.486 e. The Morgan fingerprint density at radius 1 is 1.12 bits per heavy atom. The molecule has 0 aliphatic carbocycles. The summed E-state index contributed by atoms with van der Waals surface area (Å²) < 4.78 is 29.7. The zero-order valence-corrected chi connectivity index (χ0v) is 14.3. The van der Waals surface area contributed by atoms with E-state index in [1.165, 1.54) is 24.3 Å². The Morgan fingerprint density at radius 3 is 2.69 bits per heavy atom. The molecular formula is C20H20FNO4. The van der Waals surface area contributed by atoms with Gasteiger partial charge in [0.15, 0.2) is 18.1 Å². The lowest BCUT2D eigenvalue weighted by Gasteiger charge is -2.26. The molecular weight excluding hydrogens is 337 g/mol. The first kappa shape index (κ1) is 16.7. The van der Waals surface area contributed by atoms with E-state index in [0.717, 1.165) is 29.9 Å². The van der Waals surface area contributed by atoms with Gasteiger partial charge in [0.25, 0.3) is 5.91 Å². The Hall–Kier alpha value is -2.76. The van der Waals surface area contributed by atoms with Crippen LogP contribution in [0.25, 0.3) is 0 Å². The van der Waals surface area contributed by atoms with E-state index >= 15 is 0 Å². The van der Waals surface area contributed by atoms with Crippen molar-refractivity contribution in [2.45, 2.75) is 18.9 Å². The standard InChI is InChI=1S/C20H20FNO4/c21-15-4-6-16(7-5-15)26-13-20(23)22-9-1-2-17(22)14-3-8-18-19(12-14)25-11-10-24-18/h3-8,12,17H,1-2,9-11,13H2. The maximum absolute atomic E-state index is 12.9. The van der Waals surface area contributed by atoms with Crippen molar-refractivity contribution >= 4 is 5.91 Å².